The summed E-state index contributed by atoms with van der Waals surface area (Å²) in [5.74, 6) is 0.839. The van der Waals surface area contributed by atoms with Gasteiger partial charge in [0.2, 0.25) is 0 Å². The fourth-order valence-electron chi connectivity index (χ4n) is 5.24. The first kappa shape index (κ1) is 29.5. The van der Waals surface area contributed by atoms with Gasteiger partial charge >= 0.3 is 35.3 Å². The van der Waals surface area contributed by atoms with E-state index in [1.165, 1.54) is 0 Å². The van der Waals surface area contributed by atoms with Gasteiger partial charge in [0.25, 0.3) is 0 Å². The predicted molar refractivity (Wildman–Crippen MR) is 167 cm³/mol. The Hall–Kier alpha value is -2.96. The summed E-state index contributed by atoms with van der Waals surface area (Å²) in [6, 6.07) is 29.4. The molecule has 0 atom stereocenters. The number of imidazole rings is 1. The number of para-hydroxylation sites is 3. The van der Waals surface area contributed by atoms with Gasteiger partial charge in [0.05, 0.1) is 27.2 Å². The molecule has 6 nitrogen and oxygen atoms in total. The van der Waals surface area contributed by atoms with Gasteiger partial charge in [-0.2, -0.15) is 0 Å². The molecule has 2 heterocycles. The van der Waals surface area contributed by atoms with Gasteiger partial charge in [0, 0.05) is 54.2 Å². The Morgan fingerprint density at radius 1 is 0.854 bits per heavy atom. The van der Waals surface area contributed by atoms with E-state index in [9.17, 15) is 8.42 Å². The molecule has 0 aliphatic carbocycles. The van der Waals surface area contributed by atoms with Crippen molar-refractivity contribution in [2.45, 2.75) is 17.9 Å². The third kappa shape index (κ3) is 6.14. The molecule has 0 saturated heterocycles. The summed E-state index contributed by atoms with van der Waals surface area (Å²) >= 11 is -0.472. The number of hydrogen-bond acceptors (Lipinski definition) is 5. The average Bonchev–Trinajstić information content (AvgIpc) is 3.34. The van der Waals surface area contributed by atoms with E-state index in [0.29, 0.717) is 17.9 Å². The molecule has 2 aromatic heterocycles. The first-order chi connectivity index (χ1) is 19.9. The second-order valence-electron chi connectivity index (χ2n) is 9.70. The van der Waals surface area contributed by atoms with E-state index >= 15 is 0 Å². The monoisotopic (exact) mass is 785 g/mol. The maximum absolute atomic E-state index is 13.6. The number of benzene rings is 4. The van der Waals surface area contributed by atoms with Crippen molar-refractivity contribution in [1.29, 1.82) is 0 Å². The van der Waals surface area contributed by atoms with Crippen LogP contribution in [-0.4, -0.2) is 42.8 Å². The van der Waals surface area contributed by atoms with Crippen molar-refractivity contribution >= 4 is 67.1 Å². The normalized spacial score (nSPS) is 11.6. The van der Waals surface area contributed by atoms with Crippen molar-refractivity contribution in [2.75, 3.05) is 24.7 Å². The Bertz CT molecular complexity index is 1940. The number of pyridine rings is 1. The molecular weight excluding hydrogens is 758 g/mol. The molecule has 10 heteroatoms. The van der Waals surface area contributed by atoms with Crippen molar-refractivity contribution in [3.05, 3.63) is 97.2 Å². The summed E-state index contributed by atoms with van der Waals surface area (Å²) in [5, 5.41) is 2.73. The standard InChI is InChI=1S/C31H28N4O2S.2ClH.Pt/c1-34(2)27-17-6-13-24-23(27)12-7-18-29(24)38(36,37)21-9-20-35-28-16-4-3-15-26(28)33-31(35)25-14-5-10-22-11-8-19-32-30(22)25;;;/h3-8,10-19H,9,20-21H2,1-2H3;2*1H;/q;;;+2/p-2. The molecule has 4 aromatic carbocycles. The van der Waals surface area contributed by atoms with Gasteiger partial charge in [-0.1, -0.05) is 54.6 Å². The Balaban J connectivity index is 0.00000108. The molecule has 6 aromatic rings. The SMILES string of the molecule is CN(C)c1cccc2c(S(=O)(=O)CCCn3c(-c4cccc5cccnc45)nc4ccccc43)cccc12.[Cl][Pt][Cl]. The fraction of sp³-hybridized carbons (Fsp3) is 0.161. The second kappa shape index (κ2) is 12.9. The molecule has 214 valence electrons. The number of fused-ring (bicyclic) bond motifs is 3. The van der Waals surface area contributed by atoms with Crippen LogP contribution in [0, 0.1) is 0 Å². The molecule has 0 spiro atoms. The summed E-state index contributed by atoms with van der Waals surface area (Å²) in [6.45, 7) is 0.520. The third-order valence-electron chi connectivity index (χ3n) is 7.00. The van der Waals surface area contributed by atoms with Crippen LogP contribution in [0.15, 0.2) is 102 Å². The van der Waals surface area contributed by atoms with Crippen molar-refractivity contribution < 1.29 is 24.9 Å². The van der Waals surface area contributed by atoms with Crippen molar-refractivity contribution in [1.82, 2.24) is 14.5 Å². The third-order valence-corrected chi connectivity index (χ3v) is 8.85. The topological polar surface area (TPSA) is 68.1 Å². The first-order valence-corrected chi connectivity index (χ1v) is 20.2. The second-order valence-corrected chi connectivity index (χ2v) is 15.1. The molecule has 0 aliphatic rings. The Labute approximate surface area is 256 Å². The summed E-state index contributed by atoms with van der Waals surface area (Å²) in [4.78, 5) is 12.0. The Morgan fingerprint density at radius 2 is 1.56 bits per heavy atom. The van der Waals surface area contributed by atoms with Gasteiger partial charge < -0.3 is 9.47 Å². The average molecular weight is 787 g/mol. The van der Waals surface area contributed by atoms with E-state index in [2.05, 4.69) is 9.55 Å². The molecule has 41 heavy (non-hydrogen) atoms. The molecule has 6 rings (SSSR count). The van der Waals surface area contributed by atoms with Gasteiger partial charge in [-0.3, -0.25) is 4.98 Å². The van der Waals surface area contributed by atoms with Crippen LogP contribution in [0.4, 0.5) is 5.69 Å². The fourth-order valence-corrected chi connectivity index (χ4v) is 6.77. The maximum atomic E-state index is 13.6. The van der Waals surface area contributed by atoms with Gasteiger partial charge in [0.1, 0.15) is 5.82 Å². The van der Waals surface area contributed by atoms with E-state index < -0.39 is 26.3 Å². The zero-order valence-corrected chi connectivity index (χ0v) is 27.0. The summed E-state index contributed by atoms with van der Waals surface area (Å²) in [5.41, 5.74) is 4.68. The Kier molecular flexibility index (Phi) is 9.30. The number of sulfone groups is 1. The van der Waals surface area contributed by atoms with Crippen LogP contribution in [0.25, 0.3) is 44.1 Å². The Morgan fingerprint density at radius 3 is 2.37 bits per heavy atom. The molecular formula is C31H28Cl2N4O2PtS. The van der Waals surface area contributed by atoms with Crippen LogP contribution in [0.3, 0.4) is 0 Å². The van der Waals surface area contributed by atoms with Crippen LogP contribution in [0.1, 0.15) is 6.42 Å². The molecule has 0 amide bonds. The van der Waals surface area contributed by atoms with Crippen LogP contribution in [0.2, 0.25) is 0 Å². The molecule has 0 radical (unpaired) electrons. The molecule has 0 bridgehead atoms. The first-order valence-electron chi connectivity index (χ1n) is 12.9. The van der Waals surface area contributed by atoms with Crippen LogP contribution in [0.5, 0.6) is 0 Å². The molecule has 0 N–H and O–H groups in total. The summed E-state index contributed by atoms with van der Waals surface area (Å²) in [7, 11) is 10.2. The molecule has 0 saturated carbocycles. The van der Waals surface area contributed by atoms with E-state index in [0.717, 1.165) is 49.8 Å². The number of aromatic nitrogens is 3. The van der Waals surface area contributed by atoms with E-state index in [1.807, 2.05) is 104 Å². The number of hydrogen-bond donors (Lipinski definition) is 0. The molecule has 0 fully saturated rings. The van der Waals surface area contributed by atoms with Crippen molar-refractivity contribution in [3.63, 3.8) is 0 Å². The summed E-state index contributed by atoms with van der Waals surface area (Å²) in [6.07, 6.45) is 2.24. The number of halogens is 2. The number of aryl methyl sites for hydroxylation is 1. The predicted octanol–water partition coefficient (Wildman–Crippen LogP) is 7.71. The van der Waals surface area contributed by atoms with Crippen LogP contribution in [-0.2, 0) is 32.9 Å². The van der Waals surface area contributed by atoms with Gasteiger partial charge in [-0.15, -0.1) is 0 Å². The van der Waals surface area contributed by atoms with Crippen molar-refractivity contribution in [2.24, 2.45) is 0 Å². The van der Waals surface area contributed by atoms with Gasteiger partial charge in [-0.25, -0.2) is 13.4 Å². The quantitative estimate of drug-likeness (QED) is 0.166. The van der Waals surface area contributed by atoms with Crippen LogP contribution < -0.4 is 4.90 Å². The zero-order chi connectivity index (χ0) is 29.0. The number of nitrogens with zero attached hydrogens (tertiary/aromatic N) is 4. The number of rotatable bonds is 7. The summed E-state index contributed by atoms with van der Waals surface area (Å²) < 4.78 is 29.3. The minimum atomic E-state index is -3.51. The van der Waals surface area contributed by atoms with E-state index in [-0.39, 0.29) is 5.75 Å². The van der Waals surface area contributed by atoms with Crippen molar-refractivity contribution in [3.8, 4) is 11.4 Å². The van der Waals surface area contributed by atoms with E-state index in [1.54, 1.807) is 12.3 Å². The van der Waals surface area contributed by atoms with Crippen LogP contribution >= 0.6 is 18.8 Å². The van der Waals surface area contributed by atoms with Gasteiger partial charge in [-0.05, 0) is 42.8 Å². The number of anilines is 1. The molecule has 0 unspecified atom stereocenters. The minimum absolute atomic E-state index is 0.0397. The zero-order valence-electron chi connectivity index (χ0n) is 22.4. The van der Waals surface area contributed by atoms with E-state index in [4.69, 9.17) is 23.8 Å². The van der Waals surface area contributed by atoms with Gasteiger partial charge in [0.15, 0.2) is 9.84 Å². The molecule has 0 aliphatic heterocycles.